The van der Waals surface area contributed by atoms with Crippen molar-refractivity contribution < 1.29 is 29.7 Å². The molecule has 53 heavy (non-hydrogen) atoms. The van der Waals surface area contributed by atoms with Crippen molar-refractivity contribution in [2.75, 3.05) is 6.61 Å². The molecule has 0 aromatic heterocycles. The zero-order valence-electron chi connectivity index (χ0n) is 35.4. The van der Waals surface area contributed by atoms with Gasteiger partial charge in [-0.15, -0.1) is 0 Å². The maximum Gasteiger partial charge on any atom is 0.219 e. The molecule has 0 aliphatic heterocycles. The van der Waals surface area contributed by atoms with Crippen LogP contribution in [0.3, 0.4) is 0 Å². The molecule has 0 fully saturated rings. The van der Waals surface area contributed by atoms with E-state index < -0.39 is 35.2 Å². The van der Waals surface area contributed by atoms with Gasteiger partial charge in [-0.25, -0.2) is 0 Å². The highest BCUT2D eigenvalue weighted by Gasteiger charge is 2.62. The van der Waals surface area contributed by atoms with Gasteiger partial charge < -0.3 is 15.3 Å². The first-order valence-electron chi connectivity index (χ1n) is 23.1. The van der Waals surface area contributed by atoms with Crippen LogP contribution in [-0.2, 0) is 14.4 Å². The van der Waals surface area contributed by atoms with Crippen LogP contribution in [0.2, 0.25) is 0 Å². The molecule has 6 nitrogen and oxygen atoms in total. The van der Waals surface area contributed by atoms with Crippen LogP contribution in [0.15, 0.2) is 12.2 Å². The average molecular weight is 749 g/mol. The molecule has 6 heteroatoms. The van der Waals surface area contributed by atoms with Crippen LogP contribution >= 0.6 is 0 Å². The Morgan fingerprint density at radius 2 is 0.623 bits per heavy atom. The first kappa shape index (κ1) is 51.6. The molecule has 0 aliphatic rings. The summed E-state index contributed by atoms with van der Waals surface area (Å²) in [6.45, 7) is 5.52. The number of ketones is 3. The van der Waals surface area contributed by atoms with Gasteiger partial charge in [-0.3, -0.25) is 14.4 Å². The Kier molecular flexibility index (Phi) is 35.3. The predicted molar refractivity (Wildman–Crippen MR) is 224 cm³/mol. The van der Waals surface area contributed by atoms with Crippen LogP contribution in [0.1, 0.15) is 252 Å². The van der Waals surface area contributed by atoms with Gasteiger partial charge in [0.05, 0.1) is 6.61 Å². The SMILES string of the molecule is CCCCCCCC/C=C\CCCCCCCC(=O)C(O)(C(=O)CCCCCCCCCCCCC)C(O)(CO)C(=O)CCCCCCCCCCC. The van der Waals surface area contributed by atoms with Crippen LogP contribution in [0.5, 0.6) is 0 Å². The summed E-state index contributed by atoms with van der Waals surface area (Å²) in [6.07, 6.45) is 40.2. The molecular formula is C47H88O6. The lowest BCUT2D eigenvalue weighted by atomic mass is 9.71. The highest BCUT2D eigenvalue weighted by atomic mass is 16.4. The molecule has 3 N–H and O–H groups in total. The third kappa shape index (κ3) is 24.7. The Morgan fingerprint density at radius 3 is 0.906 bits per heavy atom. The number of Topliss-reactive ketones (excluding diaryl/α,β-unsaturated/α-hetero) is 3. The molecule has 0 aliphatic carbocycles. The fourth-order valence-electron chi connectivity index (χ4n) is 7.49. The van der Waals surface area contributed by atoms with E-state index in [2.05, 4.69) is 32.9 Å². The highest BCUT2D eigenvalue weighted by molar-refractivity contribution is 6.16. The summed E-state index contributed by atoms with van der Waals surface area (Å²) in [5.41, 5.74) is -5.74. The minimum atomic E-state index is -2.92. The van der Waals surface area contributed by atoms with Gasteiger partial charge in [0.25, 0.3) is 0 Å². The standard InChI is InChI=1S/C47H88O6/c1-4-7-10-13-16-19-21-22-23-24-26-29-32-35-38-41-45(51)47(53,44(50)40-37-34-31-28-25-20-17-14-11-8-5-2)46(52,42-48)43(49)39-36-33-30-27-18-15-12-9-6-3/h22-23,48,52-53H,4-21,24-42H2,1-3H3/b23-22-. The minimum Gasteiger partial charge on any atom is -0.393 e. The summed E-state index contributed by atoms with van der Waals surface area (Å²) in [4.78, 5) is 40.8. The largest absolute Gasteiger partial charge is 0.393 e. The summed E-state index contributed by atoms with van der Waals surface area (Å²) in [6, 6.07) is 0. The summed E-state index contributed by atoms with van der Waals surface area (Å²) in [5.74, 6) is -2.47. The maximum absolute atomic E-state index is 13.7. The van der Waals surface area contributed by atoms with Crippen molar-refractivity contribution >= 4 is 17.3 Å². The third-order valence-corrected chi connectivity index (χ3v) is 11.3. The molecule has 0 heterocycles. The summed E-state index contributed by atoms with van der Waals surface area (Å²) in [5, 5.41) is 33.8. The summed E-state index contributed by atoms with van der Waals surface area (Å²) >= 11 is 0. The second-order valence-electron chi connectivity index (χ2n) is 16.2. The lowest BCUT2D eigenvalue weighted by Gasteiger charge is -2.39. The van der Waals surface area contributed by atoms with Gasteiger partial charge in [-0.05, 0) is 44.9 Å². The highest BCUT2D eigenvalue weighted by Crippen LogP contribution is 2.32. The molecule has 0 aromatic carbocycles. The lowest BCUT2D eigenvalue weighted by molar-refractivity contribution is -0.194. The minimum absolute atomic E-state index is 0.0817. The molecule has 0 aromatic rings. The zero-order chi connectivity index (χ0) is 39.3. The number of hydrogen-bond acceptors (Lipinski definition) is 6. The van der Waals surface area contributed by atoms with E-state index in [-0.39, 0.29) is 19.3 Å². The molecule has 0 saturated heterocycles. The van der Waals surface area contributed by atoms with E-state index in [9.17, 15) is 29.7 Å². The van der Waals surface area contributed by atoms with Gasteiger partial charge in [0.1, 0.15) is 0 Å². The molecule has 2 unspecified atom stereocenters. The number of unbranched alkanes of at least 4 members (excludes halogenated alkanes) is 29. The van der Waals surface area contributed by atoms with Crippen molar-refractivity contribution in [3.8, 4) is 0 Å². The Hall–Kier alpha value is -1.37. The first-order chi connectivity index (χ1) is 25.8. The zero-order valence-corrected chi connectivity index (χ0v) is 35.4. The van der Waals surface area contributed by atoms with Crippen molar-refractivity contribution in [3.05, 3.63) is 12.2 Å². The van der Waals surface area contributed by atoms with Gasteiger partial charge in [-0.2, -0.15) is 0 Å². The predicted octanol–water partition coefficient (Wildman–Crippen LogP) is 12.8. The summed E-state index contributed by atoms with van der Waals surface area (Å²) < 4.78 is 0. The van der Waals surface area contributed by atoms with Crippen LogP contribution in [0.4, 0.5) is 0 Å². The average Bonchev–Trinajstić information content (AvgIpc) is 3.16. The third-order valence-electron chi connectivity index (χ3n) is 11.3. The summed E-state index contributed by atoms with van der Waals surface area (Å²) in [7, 11) is 0. The number of carbonyl (C=O) groups excluding carboxylic acids is 3. The normalized spacial score (nSPS) is 14.1. The van der Waals surface area contributed by atoms with Crippen molar-refractivity contribution in [2.45, 2.75) is 263 Å². The molecule has 0 amide bonds. The van der Waals surface area contributed by atoms with Crippen LogP contribution in [0, 0.1) is 0 Å². The number of carbonyl (C=O) groups is 3. The molecule has 0 saturated carbocycles. The Labute approximate surface area is 328 Å². The molecule has 0 radical (unpaired) electrons. The van der Waals surface area contributed by atoms with Crippen molar-refractivity contribution in [1.29, 1.82) is 0 Å². The molecule has 0 rings (SSSR count). The lowest BCUT2D eigenvalue weighted by Crippen LogP contribution is -2.69. The Balaban J connectivity index is 4.99. The number of rotatable bonds is 42. The monoisotopic (exact) mass is 749 g/mol. The van der Waals surface area contributed by atoms with Crippen molar-refractivity contribution in [3.63, 3.8) is 0 Å². The van der Waals surface area contributed by atoms with E-state index in [1.165, 1.54) is 103 Å². The van der Waals surface area contributed by atoms with Crippen molar-refractivity contribution in [2.24, 2.45) is 0 Å². The van der Waals surface area contributed by atoms with Gasteiger partial charge >= 0.3 is 0 Å². The topological polar surface area (TPSA) is 112 Å². The quantitative estimate of drug-likeness (QED) is 0.0325. The second-order valence-corrected chi connectivity index (χ2v) is 16.2. The van der Waals surface area contributed by atoms with E-state index in [0.717, 1.165) is 89.9 Å². The van der Waals surface area contributed by atoms with Crippen molar-refractivity contribution in [1.82, 2.24) is 0 Å². The Morgan fingerprint density at radius 1 is 0.377 bits per heavy atom. The molecule has 0 bridgehead atoms. The second kappa shape index (κ2) is 36.3. The van der Waals surface area contributed by atoms with Gasteiger partial charge in [0.15, 0.2) is 23.0 Å². The fraction of sp³-hybridized carbons (Fsp3) is 0.894. The molecule has 312 valence electrons. The van der Waals surface area contributed by atoms with E-state index in [0.29, 0.717) is 19.3 Å². The van der Waals surface area contributed by atoms with E-state index >= 15 is 0 Å². The smallest absolute Gasteiger partial charge is 0.219 e. The van der Waals surface area contributed by atoms with E-state index in [1.807, 2.05) is 0 Å². The fourth-order valence-corrected chi connectivity index (χ4v) is 7.49. The number of hydrogen-bond donors (Lipinski definition) is 3. The van der Waals surface area contributed by atoms with Gasteiger partial charge in [-0.1, -0.05) is 200 Å². The molecule has 0 spiro atoms. The van der Waals surface area contributed by atoms with E-state index in [1.54, 1.807) is 0 Å². The van der Waals surface area contributed by atoms with Gasteiger partial charge in [0.2, 0.25) is 5.60 Å². The van der Waals surface area contributed by atoms with Gasteiger partial charge in [0, 0.05) is 19.3 Å². The Bertz CT molecular complexity index is 899. The van der Waals surface area contributed by atoms with Crippen LogP contribution in [-0.4, -0.2) is 50.5 Å². The van der Waals surface area contributed by atoms with Crippen LogP contribution < -0.4 is 0 Å². The van der Waals surface area contributed by atoms with E-state index in [4.69, 9.17) is 0 Å². The first-order valence-corrected chi connectivity index (χ1v) is 23.1. The maximum atomic E-state index is 13.7. The number of aliphatic hydroxyl groups excluding tert-OH is 1. The molecular weight excluding hydrogens is 661 g/mol. The van der Waals surface area contributed by atoms with Crippen LogP contribution in [0.25, 0.3) is 0 Å². The molecule has 2 atom stereocenters. The number of aliphatic hydroxyl groups is 3. The number of allylic oxidation sites excluding steroid dienone is 2.